The second-order valence-electron chi connectivity index (χ2n) is 4.90. The van der Waals surface area contributed by atoms with Crippen LogP contribution in [0.5, 0.6) is 0 Å². The maximum atomic E-state index is 6.01. The zero-order valence-corrected chi connectivity index (χ0v) is 10.9. The Hall–Kier alpha value is -0.860. The molecule has 0 saturated carbocycles. The fraction of sp³-hybridized carbons (Fsp3) is 0.600. The van der Waals surface area contributed by atoms with Crippen molar-refractivity contribution in [1.29, 1.82) is 0 Å². The Morgan fingerprint density at radius 1 is 1.29 bits per heavy atom. The van der Waals surface area contributed by atoms with Crippen molar-refractivity contribution in [2.45, 2.75) is 51.4 Å². The Kier molecular flexibility index (Phi) is 4.57. The molecule has 0 aliphatic carbocycles. The molecule has 2 heteroatoms. The predicted octanol–water partition coefficient (Wildman–Crippen LogP) is 3.29. The number of ether oxygens (including phenoxy) is 1. The van der Waals surface area contributed by atoms with E-state index in [1.54, 1.807) is 0 Å². The van der Waals surface area contributed by atoms with Gasteiger partial charge in [-0.2, -0.15) is 0 Å². The van der Waals surface area contributed by atoms with E-state index in [2.05, 4.69) is 49.5 Å². The van der Waals surface area contributed by atoms with Gasteiger partial charge in [0.2, 0.25) is 0 Å². The van der Waals surface area contributed by atoms with Crippen LogP contribution in [0.3, 0.4) is 0 Å². The van der Waals surface area contributed by atoms with E-state index >= 15 is 0 Å². The van der Waals surface area contributed by atoms with E-state index in [9.17, 15) is 0 Å². The third kappa shape index (κ3) is 3.30. The van der Waals surface area contributed by atoms with Crippen LogP contribution in [-0.2, 0) is 4.74 Å². The van der Waals surface area contributed by atoms with Gasteiger partial charge in [-0.3, -0.25) is 0 Å². The topological polar surface area (TPSA) is 21.3 Å². The van der Waals surface area contributed by atoms with Gasteiger partial charge < -0.3 is 10.1 Å². The fourth-order valence-corrected chi connectivity index (χ4v) is 2.50. The van der Waals surface area contributed by atoms with Gasteiger partial charge in [0, 0.05) is 0 Å². The van der Waals surface area contributed by atoms with Gasteiger partial charge in [0.25, 0.3) is 0 Å². The standard InChI is InChI=1S/C15H23NO/c1-3-11-16-15(13-7-5-4-6-8-13)14-10-9-12(2)17-14/h4-8,12,14-16H,3,9-11H2,1-2H3. The molecule has 0 bridgehead atoms. The van der Waals surface area contributed by atoms with Crippen molar-refractivity contribution in [3.63, 3.8) is 0 Å². The molecule has 1 aliphatic rings. The second kappa shape index (κ2) is 6.18. The molecule has 1 heterocycles. The van der Waals surface area contributed by atoms with Crippen LogP contribution in [-0.4, -0.2) is 18.8 Å². The minimum absolute atomic E-state index is 0.332. The summed E-state index contributed by atoms with van der Waals surface area (Å²) in [6.45, 7) is 5.42. The summed E-state index contributed by atoms with van der Waals surface area (Å²) in [4.78, 5) is 0. The lowest BCUT2D eigenvalue weighted by molar-refractivity contribution is 0.0316. The predicted molar refractivity (Wildman–Crippen MR) is 71.0 cm³/mol. The SMILES string of the molecule is CCCNC(c1ccccc1)C1CCC(C)O1. The molecule has 0 amide bonds. The van der Waals surface area contributed by atoms with Crippen molar-refractivity contribution in [2.75, 3.05) is 6.54 Å². The van der Waals surface area contributed by atoms with Gasteiger partial charge in [0.1, 0.15) is 0 Å². The molecule has 1 aliphatic heterocycles. The van der Waals surface area contributed by atoms with E-state index in [0.29, 0.717) is 18.2 Å². The normalized spacial score (nSPS) is 26.0. The number of hydrogen-bond acceptors (Lipinski definition) is 2. The van der Waals surface area contributed by atoms with Crippen LogP contribution in [0, 0.1) is 0 Å². The van der Waals surface area contributed by atoms with E-state index in [4.69, 9.17) is 4.74 Å². The van der Waals surface area contributed by atoms with Gasteiger partial charge in [0.05, 0.1) is 18.2 Å². The Balaban J connectivity index is 2.08. The highest BCUT2D eigenvalue weighted by atomic mass is 16.5. The molecule has 1 aromatic carbocycles. The molecule has 1 N–H and O–H groups in total. The third-order valence-electron chi connectivity index (χ3n) is 3.41. The first-order valence-electron chi connectivity index (χ1n) is 6.75. The summed E-state index contributed by atoms with van der Waals surface area (Å²) in [6, 6.07) is 11.0. The minimum Gasteiger partial charge on any atom is -0.373 e. The number of benzene rings is 1. The molecule has 1 saturated heterocycles. The molecule has 1 aromatic rings. The summed E-state index contributed by atoms with van der Waals surface area (Å²) in [5.74, 6) is 0. The zero-order valence-electron chi connectivity index (χ0n) is 10.9. The highest BCUT2D eigenvalue weighted by Crippen LogP contribution is 2.29. The van der Waals surface area contributed by atoms with Crippen LogP contribution in [0.15, 0.2) is 30.3 Å². The van der Waals surface area contributed by atoms with Gasteiger partial charge in [-0.05, 0) is 38.3 Å². The molecular formula is C15H23NO. The summed E-state index contributed by atoms with van der Waals surface area (Å²) in [5, 5.41) is 3.62. The van der Waals surface area contributed by atoms with Crippen LogP contribution in [0.1, 0.15) is 44.7 Å². The summed E-state index contributed by atoms with van der Waals surface area (Å²) in [7, 11) is 0. The first kappa shape index (κ1) is 12.6. The fourth-order valence-electron chi connectivity index (χ4n) is 2.50. The van der Waals surface area contributed by atoms with Crippen LogP contribution in [0.2, 0.25) is 0 Å². The maximum Gasteiger partial charge on any atom is 0.0774 e. The van der Waals surface area contributed by atoms with Crippen molar-refractivity contribution >= 4 is 0 Å². The molecule has 0 spiro atoms. The molecule has 3 unspecified atom stereocenters. The Labute approximate surface area is 104 Å². The van der Waals surface area contributed by atoms with Crippen molar-refractivity contribution in [1.82, 2.24) is 5.32 Å². The molecule has 0 aromatic heterocycles. The summed E-state index contributed by atoms with van der Waals surface area (Å²) in [6.07, 6.45) is 4.25. The lowest BCUT2D eigenvalue weighted by Crippen LogP contribution is -2.32. The molecule has 2 nitrogen and oxygen atoms in total. The molecule has 94 valence electrons. The van der Waals surface area contributed by atoms with Crippen molar-refractivity contribution in [2.24, 2.45) is 0 Å². The third-order valence-corrected chi connectivity index (χ3v) is 3.41. The quantitative estimate of drug-likeness (QED) is 0.842. The number of nitrogens with one attached hydrogen (secondary N) is 1. The first-order chi connectivity index (χ1) is 8.31. The Bertz CT molecular complexity index is 325. The van der Waals surface area contributed by atoms with Crippen LogP contribution in [0.4, 0.5) is 0 Å². The number of rotatable bonds is 5. The van der Waals surface area contributed by atoms with E-state index in [1.165, 1.54) is 12.0 Å². The van der Waals surface area contributed by atoms with Crippen LogP contribution in [0.25, 0.3) is 0 Å². The lowest BCUT2D eigenvalue weighted by atomic mass is 9.99. The molecule has 2 rings (SSSR count). The van der Waals surface area contributed by atoms with E-state index in [-0.39, 0.29) is 0 Å². The Morgan fingerprint density at radius 3 is 2.65 bits per heavy atom. The summed E-state index contributed by atoms with van der Waals surface area (Å²) >= 11 is 0. The number of hydrogen-bond donors (Lipinski definition) is 1. The van der Waals surface area contributed by atoms with Crippen molar-refractivity contribution in [3.05, 3.63) is 35.9 Å². The van der Waals surface area contributed by atoms with Crippen molar-refractivity contribution in [3.8, 4) is 0 Å². The van der Waals surface area contributed by atoms with Gasteiger partial charge in [0.15, 0.2) is 0 Å². The second-order valence-corrected chi connectivity index (χ2v) is 4.90. The minimum atomic E-state index is 0.332. The summed E-state index contributed by atoms with van der Waals surface area (Å²) < 4.78 is 6.01. The van der Waals surface area contributed by atoms with Crippen LogP contribution >= 0.6 is 0 Å². The van der Waals surface area contributed by atoms with Gasteiger partial charge in [-0.1, -0.05) is 37.3 Å². The molecule has 1 fully saturated rings. The monoisotopic (exact) mass is 233 g/mol. The van der Waals surface area contributed by atoms with Crippen LogP contribution < -0.4 is 5.32 Å². The first-order valence-corrected chi connectivity index (χ1v) is 6.75. The molecule has 0 radical (unpaired) electrons. The molecule has 3 atom stereocenters. The Morgan fingerprint density at radius 2 is 2.06 bits per heavy atom. The highest BCUT2D eigenvalue weighted by molar-refractivity contribution is 5.20. The van der Waals surface area contributed by atoms with Gasteiger partial charge >= 0.3 is 0 Å². The zero-order chi connectivity index (χ0) is 12.1. The van der Waals surface area contributed by atoms with E-state index < -0.39 is 0 Å². The smallest absolute Gasteiger partial charge is 0.0774 e. The van der Waals surface area contributed by atoms with Crippen molar-refractivity contribution < 1.29 is 4.74 Å². The average Bonchev–Trinajstić information content (AvgIpc) is 2.78. The maximum absolute atomic E-state index is 6.01. The van der Waals surface area contributed by atoms with Gasteiger partial charge in [-0.15, -0.1) is 0 Å². The average molecular weight is 233 g/mol. The van der Waals surface area contributed by atoms with E-state index in [1.807, 2.05) is 0 Å². The summed E-state index contributed by atoms with van der Waals surface area (Å²) in [5.41, 5.74) is 1.35. The largest absolute Gasteiger partial charge is 0.373 e. The highest BCUT2D eigenvalue weighted by Gasteiger charge is 2.29. The van der Waals surface area contributed by atoms with Gasteiger partial charge in [-0.25, -0.2) is 0 Å². The lowest BCUT2D eigenvalue weighted by Gasteiger charge is -2.25. The molecule has 17 heavy (non-hydrogen) atoms. The van der Waals surface area contributed by atoms with E-state index in [0.717, 1.165) is 19.4 Å². The molecular weight excluding hydrogens is 210 g/mol.